The van der Waals surface area contributed by atoms with Crippen molar-refractivity contribution in [1.82, 2.24) is 9.21 Å². The van der Waals surface area contributed by atoms with Crippen molar-refractivity contribution in [1.29, 1.82) is 0 Å². The van der Waals surface area contributed by atoms with Crippen LogP contribution in [-0.2, 0) is 32.6 Å². The van der Waals surface area contributed by atoms with Gasteiger partial charge in [-0.25, -0.2) is 12.8 Å². The van der Waals surface area contributed by atoms with Crippen LogP contribution in [0.5, 0.6) is 0 Å². The molecule has 1 amide bonds. The molecule has 33 heavy (non-hydrogen) atoms. The number of carbonyl (C=O) groups excluding carboxylic acids is 1. The number of carbonyl (C=O) groups is 1. The van der Waals surface area contributed by atoms with Gasteiger partial charge in [0.2, 0.25) is 15.9 Å². The third kappa shape index (κ3) is 6.70. The lowest BCUT2D eigenvalue weighted by molar-refractivity contribution is -0.132. The van der Waals surface area contributed by atoms with Gasteiger partial charge in [-0.1, -0.05) is 30.3 Å². The average Bonchev–Trinajstić information content (AvgIpc) is 3.21. The SMILES string of the molecule is COCCN(CC(=O)N(Cc1ccccc1)Cc1sccc1C)S(=O)(=O)c1ccc(F)cc1. The number of amides is 1. The van der Waals surface area contributed by atoms with Crippen LogP contribution >= 0.6 is 11.3 Å². The van der Waals surface area contributed by atoms with E-state index >= 15 is 0 Å². The van der Waals surface area contributed by atoms with E-state index in [0.29, 0.717) is 13.1 Å². The van der Waals surface area contributed by atoms with E-state index in [2.05, 4.69) is 0 Å². The average molecular weight is 491 g/mol. The molecular weight excluding hydrogens is 463 g/mol. The summed E-state index contributed by atoms with van der Waals surface area (Å²) in [5.41, 5.74) is 2.03. The highest BCUT2D eigenvalue weighted by molar-refractivity contribution is 7.89. The summed E-state index contributed by atoms with van der Waals surface area (Å²) in [6.45, 7) is 2.49. The third-order valence-electron chi connectivity index (χ3n) is 5.18. The fraction of sp³-hybridized carbons (Fsp3) is 0.292. The van der Waals surface area contributed by atoms with Crippen molar-refractivity contribution in [2.24, 2.45) is 0 Å². The quantitative estimate of drug-likeness (QED) is 0.407. The Labute approximate surface area is 198 Å². The van der Waals surface area contributed by atoms with E-state index in [0.717, 1.165) is 32.4 Å². The number of methoxy groups -OCH3 is 1. The van der Waals surface area contributed by atoms with Crippen LogP contribution in [0.3, 0.4) is 0 Å². The standard InChI is InChI=1S/C24H27FN2O4S2/c1-19-12-15-32-23(19)17-26(16-20-6-4-3-5-7-20)24(28)18-27(13-14-31-2)33(29,30)22-10-8-21(25)9-11-22/h3-12,15H,13-14,16-18H2,1-2H3. The molecule has 176 valence electrons. The minimum absolute atomic E-state index is 0.000837. The Morgan fingerprint density at radius 1 is 1.03 bits per heavy atom. The Morgan fingerprint density at radius 2 is 1.73 bits per heavy atom. The van der Waals surface area contributed by atoms with E-state index in [1.165, 1.54) is 19.2 Å². The summed E-state index contributed by atoms with van der Waals surface area (Å²) in [5, 5.41) is 1.97. The van der Waals surface area contributed by atoms with Gasteiger partial charge in [-0.15, -0.1) is 11.3 Å². The maximum atomic E-state index is 13.4. The molecule has 0 radical (unpaired) electrons. The molecule has 0 spiro atoms. The van der Waals surface area contributed by atoms with Crippen molar-refractivity contribution in [2.75, 3.05) is 26.8 Å². The molecule has 2 aromatic carbocycles. The first kappa shape index (κ1) is 25.0. The highest BCUT2D eigenvalue weighted by Gasteiger charge is 2.29. The Bertz CT molecular complexity index is 1150. The number of rotatable bonds is 11. The Morgan fingerprint density at radius 3 is 2.33 bits per heavy atom. The zero-order valence-electron chi connectivity index (χ0n) is 18.6. The van der Waals surface area contributed by atoms with Gasteiger partial charge in [-0.2, -0.15) is 4.31 Å². The minimum atomic E-state index is -4.02. The van der Waals surface area contributed by atoms with Gasteiger partial charge in [0, 0.05) is 25.1 Å². The van der Waals surface area contributed by atoms with Gasteiger partial charge in [0.15, 0.2) is 0 Å². The molecule has 1 aromatic heterocycles. The largest absolute Gasteiger partial charge is 0.383 e. The van der Waals surface area contributed by atoms with E-state index in [-0.39, 0.29) is 30.5 Å². The van der Waals surface area contributed by atoms with Gasteiger partial charge >= 0.3 is 0 Å². The molecule has 0 atom stereocenters. The first-order valence-corrected chi connectivity index (χ1v) is 12.7. The molecule has 0 N–H and O–H groups in total. The van der Waals surface area contributed by atoms with Gasteiger partial charge in [-0.05, 0) is 53.8 Å². The van der Waals surface area contributed by atoms with E-state index in [1.807, 2.05) is 48.7 Å². The zero-order valence-corrected chi connectivity index (χ0v) is 20.2. The summed E-state index contributed by atoms with van der Waals surface area (Å²) >= 11 is 1.56. The number of hydrogen-bond donors (Lipinski definition) is 0. The molecule has 0 aliphatic rings. The summed E-state index contributed by atoms with van der Waals surface area (Å²) in [5.74, 6) is -0.859. The predicted molar refractivity (Wildman–Crippen MR) is 127 cm³/mol. The topological polar surface area (TPSA) is 66.9 Å². The van der Waals surface area contributed by atoms with Crippen molar-refractivity contribution in [2.45, 2.75) is 24.9 Å². The number of thiophene rings is 1. The monoisotopic (exact) mass is 490 g/mol. The van der Waals surface area contributed by atoms with Crippen LogP contribution in [0.4, 0.5) is 4.39 Å². The fourth-order valence-corrected chi connectivity index (χ4v) is 5.55. The van der Waals surface area contributed by atoms with Gasteiger partial charge in [0.05, 0.1) is 24.6 Å². The van der Waals surface area contributed by atoms with Crippen LogP contribution in [0.2, 0.25) is 0 Å². The summed E-state index contributed by atoms with van der Waals surface area (Å²) in [4.78, 5) is 16.0. The van der Waals surface area contributed by atoms with Crippen molar-refractivity contribution in [3.8, 4) is 0 Å². The second kappa shape index (κ2) is 11.5. The zero-order chi connectivity index (χ0) is 23.8. The summed E-state index contributed by atoms with van der Waals surface area (Å²) in [6.07, 6.45) is 0. The number of nitrogens with zero attached hydrogens (tertiary/aromatic N) is 2. The van der Waals surface area contributed by atoms with Gasteiger partial charge in [0.1, 0.15) is 5.82 Å². The van der Waals surface area contributed by atoms with Crippen molar-refractivity contribution >= 4 is 27.3 Å². The van der Waals surface area contributed by atoms with E-state index in [1.54, 1.807) is 16.2 Å². The number of benzene rings is 2. The number of sulfonamides is 1. The molecule has 6 nitrogen and oxygen atoms in total. The minimum Gasteiger partial charge on any atom is -0.383 e. The Kier molecular flexibility index (Phi) is 8.74. The van der Waals surface area contributed by atoms with Gasteiger partial charge < -0.3 is 9.64 Å². The van der Waals surface area contributed by atoms with Crippen molar-refractivity contribution in [3.05, 3.63) is 87.9 Å². The lowest BCUT2D eigenvalue weighted by Crippen LogP contribution is -2.43. The second-order valence-corrected chi connectivity index (χ2v) is 10.5. The highest BCUT2D eigenvalue weighted by Crippen LogP contribution is 2.21. The Balaban J connectivity index is 1.86. The van der Waals surface area contributed by atoms with Crippen LogP contribution in [0.15, 0.2) is 70.9 Å². The molecule has 0 saturated carbocycles. The normalized spacial score (nSPS) is 11.6. The van der Waals surface area contributed by atoms with Crippen LogP contribution in [0.25, 0.3) is 0 Å². The lowest BCUT2D eigenvalue weighted by Gasteiger charge is -2.27. The van der Waals surface area contributed by atoms with Crippen LogP contribution in [-0.4, -0.2) is 50.3 Å². The van der Waals surface area contributed by atoms with Gasteiger partial charge in [0.25, 0.3) is 0 Å². The molecule has 3 rings (SSSR count). The maximum absolute atomic E-state index is 13.4. The summed E-state index contributed by atoms with van der Waals surface area (Å²) in [6, 6.07) is 16.1. The number of aryl methyl sites for hydroxylation is 1. The molecule has 1 heterocycles. The van der Waals surface area contributed by atoms with Crippen LogP contribution in [0.1, 0.15) is 16.0 Å². The van der Waals surface area contributed by atoms with Crippen LogP contribution < -0.4 is 0 Å². The molecular formula is C24H27FN2O4S2. The maximum Gasteiger partial charge on any atom is 0.243 e. The lowest BCUT2D eigenvalue weighted by atomic mass is 10.2. The number of ether oxygens (including phenoxy) is 1. The number of hydrogen-bond acceptors (Lipinski definition) is 5. The molecule has 9 heteroatoms. The summed E-state index contributed by atoms with van der Waals surface area (Å²) < 4.78 is 45.9. The smallest absolute Gasteiger partial charge is 0.243 e. The fourth-order valence-electron chi connectivity index (χ4n) is 3.26. The molecule has 0 fully saturated rings. The van der Waals surface area contributed by atoms with E-state index in [9.17, 15) is 17.6 Å². The molecule has 0 bridgehead atoms. The first-order valence-electron chi connectivity index (χ1n) is 10.4. The second-order valence-electron chi connectivity index (χ2n) is 7.55. The van der Waals surface area contributed by atoms with E-state index < -0.39 is 15.8 Å². The highest BCUT2D eigenvalue weighted by atomic mass is 32.2. The first-order chi connectivity index (χ1) is 15.8. The van der Waals surface area contributed by atoms with Crippen molar-refractivity contribution < 1.29 is 22.3 Å². The third-order valence-corrected chi connectivity index (χ3v) is 8.05. The number of halogens is 1. The molecule has 0 unspecified atom stereocenters. The van der Waals surface area contributed by atoms with Crippen molar-refractivity contribution in [3.63, 3.8) is 0 Å². The molecule has 0 aliphatic heterocycles. The molecule has 3 aromatic rings. The Hall–Kier alpha value is -2.59. The van der Waals surface area contributed by atoms with E-state index in [4.69, 9.17) is 4.74 Å². The molecule has 0 aliphatic carbocycles. The molecule has 0 saturated heterocycles. The predicted octanol–water partition coefficient (Wildman–Crippen LogP) is 4.06. The summed E-state index contributed by atoms with van der Waals surface area (Å²) in [7, 11) is -2.56. The van der Waals surface area contributed by atoms with Crippen LogP contribution in [0, 0.1) is 12.7 Å². The van der Waals surface area contributed by atoms with Gasteiger partial charge in [-0.3, -0.25) is 4.79 Å².